The molecule has 0 bridgehead atoms. The van der Waals surface area contributed by atoms with E-state index in [1.165, 1.54) is 0 Å². The molecule has 1 fully saturated rings. The molecule has 3 rings (SSSR count). The molecule has 1 saturated heterocycles. The lowest BCUT2D eigenvalue weighted by molar-refractivity contribution is -0.119. The highest BCUT2D eigenvalue weighted by Crippen LogP contribution is 2.19. The first-order valence-electron chi connectivity index (χ1n) is 7.20. The van der Waals surface area contributed by atoms with Crippen LogP contribution in [0.2, 0.25) is 0 Å². The van der Waals surface area contributed by atoms with E-state index in [4.69, 9.17) is 5.73 Å². The van der Waals surface area contributed by atoms with Gasteiger partial charge in [-0.2, -0.15) is 5.10 Å². The molecule has 0 unspecified atom stereocenters. The molecule has 21 heavy (non-hydrogen) atoms. The van der Waals surface area contributed by atoms with E-state index in [-0.39, 0.29) is 5.91 Å². The van der Waals surface area contributed by atoms with Gasteiger partial charge in [0, 0.05) is 31.5 Å². The second-order valence-electron chi connectivity index (χ2n) is 5.55. The Morgan fingerprint density at radius 2 is 2.24 bits per heavy atom. The normalized spacial score (nSPS) is 17.2. The number of anilines is 1. The van der Waals surface area contributed by atoms with Crippen LogP contribution in [-0.4, -0.2) is 51.1 Å². The van der Waals surface area contributed by atoms with Gasteiger partial charge in [0.2, 0.25) is 5.91 Å². The summed E-state index contributed by atoms with van der Waals surface area (Å²) in [5.74, 6) is 0.606. The monoisotopic (exact) mass is 288 g/mol. The molecule has 0 aromatic carbocycles. The van der Waals surface area contributed by atoms with Crippen LogP contribution >= 0.6 is 0 Å². The highest BCUT2D eigenvalue weighted by atomic mass is 16.1. The van der Waals surface area contributed by atoms with Gasteiger partial charge in [-0.15, -0.1) is 0 Å². The first-order valence-corrected chi connectivity index (χ1v) is 7.20. The molecule has 0 atom stereocenters. The summed E-state index contributed by atoms with van der Waals surface area (Å²) in [5, 5.41) is 7.88. The van der Waals surface area contributed by atoms with Crippen LogP contribution in [0, 0.1) is 6.92 Å². The number of aromatic nitrogens is 3. The standard InChI is InChI=1S/C14H20N6O/c1-10-8-12-14(16-4-7-20(12)18-10)17-11-2-5-19(6-3-11)9-13(15)21/h4,7-8,11H,2-3,5-6,9H2,1H3,(H2,15,21)(H,16,17). The zero-order valence-electron chi connectivity index (χ0n) is 12.1. The van der Waals surface area contributed by atoms with Gasteiger partial charge in [-0.1, -0.05) is 0 Å². The Morgan fingerprint density at radius 3 is 2.95 bits per heavy atom. The molecule has 1 aliphatic heterocycles. The Bertz CT molecular complexity index is 644. The molecule has 7 heteroatoms. The van der Waals surface area contributed by atoms with Crippen molar-refractivity contribution in [3.05, 3.63) is 24.2 Å². The fourth-order valence-corrected chi connectivity index (χ4v) is 2.80. The summed E-state index contributed by atoms with van der Waals surface area (Å²) >= 11 is 0. The molecular formula is C14H20N6O. The number of carbonyl (C=O) groups is 1. The van der Waals surface area contributed by atoms with Crippen LogP contribution in [0.3, 0.4) is 0 Å². The fourth-order valence-electron chi connectivity index (χ4n) is 2.80. The highest BCUT2D eigenvalue weighted by molar-refractivity contribution is 5.75. The summed E-state index contributed by atoms with van der Waals surface area (Å²) in [6.07, 6.45) is 5.55. The topological polar surface area (TPSA) is 88.5 Å². The number of hydrogen-bond donors (Lipinski definition) is 2. The third kappa shape index (κ3) is 3.13. The van der Waals surface area contributed by atoms with Gasteiger partial charge in [-0.25, -0.2) is 9.50 Å². The number of rotatable bonds is 4. The Morgan fingerprint density at radius 1 is 1.48 bits per heavy atom. The first kappa shape index (κ1) is 13.8. The summed E-state index contributed by atoms with van der Waals surface area (Å²) in [5.41, 5.74) is 7.20. The Labute approximate surface area is 123 Å². The molecule has 2 aromatic rings. The van der Waals surface area contributed by atoms with Crippen LogP contribution in [0.25, 0.3) is 5.52 Å². The number of nitrogens with two attached hydrogens (primary N) is 1. The van der Waals surface area contributed by atoms with Gasteiger partial charge in [0.25, 0.3) is 0 Å². The summed E-state index contributed by atoms with van der Waals surface area (Å²) in [4.78, 5) is 17.5. The maximum atomic E-state index is 10.9. The number of nitrogens with zero attached hydrogens (tertiary/aromatic N) is 4. The molecule has 112 valence electrons. The maximum absolute atomic E-state index is 10.9. The van der Waals surface area contributed by atoms with Gasteiger partial charge in [0.15, 0.2) is 5.82 Å². The molecule has 0 spiro atoms. The fraction of sp³-hybridized carbons (Fsp3) is 0.500. The summed E-state index contributed by atoms with van der Waals surface area (Å²) in [6.45, 7) is 4.07. The molecule has 3 heterocycles. The number of nitrogens with one attached hydrogen (secondary N) is 1. The van der Waals surface area contributed by atoms with Crippen molar-refractivity contribution in [2.24, 2.45) is 5.73 Å². The van der Waals surface area contributed by atoms with E-state index in [0.717, 1.165) is 43.0 Å². The molecule has 7 nitrogen and oxygen atoms in total. The average Bonchev–Trinajstić information content (AvgIpc) is 2.82. The lowest BCUT2D eigenvalue weighted by Gasteiger charge is -2.31. The van der Waals surface area contributed by atoms with Gasteiger partial charge in [-0.3, -0.25) is 9.69 Å². The smallest absolute Gasteiger partial charge is 0.231 e. The number of hydrogen-bond acceptors (Lipinski definition) is 5. The SMILES string of the molecule is Cc1cc2c(NC3CCN(CC(N)=O)CC3)nccn2n1. The van der Waals surface area contributed by atoms with Crippen LogP contribution in [0.1, 0.15) is 18.5 Å². The van der Waals surface area contributed by atoms with Crippen molar-refractivity contribution < 1.29 is 4.79 Å². The lowest BCUT2D eigenvalue weighted by atomic mass is 10.1. The second kappa shape index (κ2) is 5.69. The Kier molecular flexibility index (Phi) is 3.74. The number of likely N-dealkylation sites (tertiary alicyclic amines) is 1. The molecular weight excluding hydrogens is 268 g/mol. The summed E-state index contributed by atoms with van der Waals surface area (Å²) in [6, 6.07) is 2.39. The van der Waals surface area contributed by atoms with E-state index in [2.05, 4.69) is 20.3 Å². The van der Waals surface area contributed by atoms with Crippen LogP contribution in [-0.2, 0) is 4.79 Å². The largest absolute Gasteiger partial charge is 0.369 e. The van der Waals surface area contributed by atoms with Crippen LogP contribution in [0.4, 0.5) is 5.82 Å². The Hall–Kier alpha value is -2.15. The van der Waals surface area contributed by atoms with Crippen molar-refractivity contribution in [3.8, 4) is 0 Å². The third-order valence-electron chi connectivity index (χ3n) is 3.82. The van der Waals surface area contributed by atoms with Crippen molar-refractivity contribution in [2.45, 2.75) is 25.8 Å². The number of primary amides is 1. The Balaban J connectivity index is 1.65. The van der Waals surface area contributed by atoms with E-state index < -0.39 is 0 Å². The molecule has 3 N–H and O–H groups in total. The number of amides is 1. The minimum absolute atomic E-state index is 0.262. The van der Waals surface area contributed by atoms with Crippen molar-refractivity contribution in [2.75, 3.05) is 25.0 Å². The predicted molar refractivity (Wildman–Crippen MR) is 80.0 cm³/mol. The molecule has 0 saturated carbocycles. The quantitative estimate of drug-likeness (QED) is 0.850. The van der Waals surface area contributed by atoms with E-state index in [9.17, 15) is 4.79 Å². The summed E-state index contributed by atoms with van der Waals surface area (Å²) in [7, 11) is 0. The minimum Gasteiger partial charge on any atom is -0.369 e. The second-order valence-corrected chi connectivity index (χ2v) is 5.55. The van der Waals surface area contributed by atoms with E-state index in [1.807, 2.05) is 23.7 Å². The average molecular weight is 288 g/mol. The zero-order valence-corrected chi connectivity index (χ0v) is 12.1. The maximum Gasteiger partial charge on any atom is 0.231 e. The number of aryl methyl sites for hydroxylation is 1. The van der Waals surface area contributed by atoms with Crippen molar-refractivity contribution >= 4 is 17.2 Å². The molecule has 0 radical (unpaired) electrons. The zero-order chi connectivity index (χ0) is 14.8. The van der Waals surface area contributed by atoms with E-state index in [0.29, 0.717) is 12.6 Å². The van der Waals surface area contributed by atoms with E-state index in [1.54, 1.807) is 6.20 Å². The van der Waals surface area contributed by atoms with Crippen molar-refractivity contribution in [1.82, 2.24) is 19.5 Å². The van der Waals surface area contributed by atoms with Gasteiger partial charge in [0.05, 0.1) is 12.2 Å². The third-order valence-corrected chi connectivity index (χ3v) is 3.82. The van der Waals surface area contributed by atoms with Crippen LogP contribution < -0.4 is 11.1 Å². The van der Waals surface area contributed by atoms with Gasteiger partial charge in [-0.05, 0) is 25.8 Å². The van der Waals surface area contributed by atoms with Gasteiger partial charge < -0.3 is 11.1 Å². The van der Waals surface area contributed by atoms with Gasteiger partial charge >= 0.3 is 0 Å². The number of piperidine rings is 1. The minimum atomic E-state index is -0.262. The van der Waals surface area contributed by atoms with Crippen molar-refractivity contribution in [1.29, 1.82) is 0 Å². The molecule has 1 amide bonds. The highest BCUT2D eigenvalue weighted by Gasteiger charge is 2.21. The summed E-state index contributed by atoms with van der Waals surface area (Å²) < 4.78 is 1.84. The lowest BCUT2D eigenvalue weighted by Crippen LogP contribution is -2.43. The number of fused-ring (bicyclic) bond motifs is 1. The van der Waals surface area contributed by atoms with Crippen molar-refractivity contribution in [3.63, 3.8) is 0 Å². The molecule has 1 aliphatic rings. The van der Waals surface area contributed by atoms with Crippen LogP contribution in [0.5, 0.6) is 0 Å². The van der Waals surface area contributed by atoms with E-state index >= 15 is 0 Å². The first-order chi connectivity index (χ1) is 10.1. The predicted octanol–water partition coefficient (Wildman–Crippen LogP) is 0.399. The van der Waals surface area contributed by atoms with Gasteiger partial charge in [0.1, 0.15) is 5.52 Å². The molecule has 2 aromatic heterocycles. The number of carbonyl (C=O) groups excluding carboxylic acids is 1. The molecule has 0 aliphatic carbocycles. The van der Waals surface area contributed by atoms with Crippen LogP contribution in [0.15, 0.2) is 18.5 Å².